The van der Waals surface area contributed by atoms with Crippen LogP contribution in [0.1, 0.15) is 45.4 Å². The zero-order valence-electron chi connectivity index (χ0n) is 10.0. The molecule has 86 valence electrons. The number of Topliss-reactive ketones (excluding diaryl/α,β-unsaturated/α-hetero) is 1. The number of carbonyl (C=O) groups excluding carboxylic acids is 1. The third kappa shape index (κ3) is 3.04. The zero-order valence-corrected chi connectivity index (χ0v) is 10.0. The summed E-state index contributed by atoms with van der Waals surface area (Å²) < 4.78 is 0. The SMILES string of the molecule is CC1CCC(N(C)CC(=O)C2CC2)CC1. The molecule has 2 aliphatic rings. The standard InChI is InChI=1S/C13H23NO/c1-10-3-7-12(8-4-10)14(2)9-13(15)11-5-6-11/h10-12H,3-9H2,1-2H3. The molecule has 0 radical (unpaired) electrons. The molecule has 0 heterocycles. The summed E-state index contributed by atoms with van der Waals surface area (Å²) in [7, 11) is 2.13. The molecule has 0 unspecified atom stereocenters. The number of carbonyl (C=O) groups is 1. The summed E-state index contributed by atoms with van der Waals surface area (Å²) in [5, 5.41) is 0. The molecule has 0 aromatic rings. The van der Waals surface area contributed by atoms with Crippen LogP contribution in [0.4, 0.5) is 0 Å². The van der Waals surface area contributed by atoms with Gasteiger partial charge in [0, 0.05) is 12.0 Å². The highest BCUT2D eigenvalue weighted by molar-refractivity contribution is 5.84. The highest BCUT2D eigenvalue weighted by atomic mass is 16.1. The largest absolute Gasteiger partial charge is 0.298 e. The summed E-state index contributed by atoms with van der Waals surface area (Å²) >= 11 is 0. The minimum atomic E-state index is 0.426. The van der Waals surface area contributed by atoms with E-state index in [1.165, 1.54) is 25.7 Å². The maximum atomic E-state index is 11.7. The number of nitrogens with zero attached hydrogens (tertiary/aromatic N) is 1. The van der Waals surface area contributed by atoms with Gasteiger partial charge in [-0.1, -0.05) is 6.92 Å². The lowest BCUT2D eigenvalue weighted by molar-refractivity contribution is -0.121. The Balaban J connectivity index is 1.74. The van der Waals surface area contributed by atoms with Crippen molar-refractivity contribution in [2.45, 2.75) is 51.5 Å². The van der Waals surface area contributed by atoms with E-state index < -0.39 is 0 Å². The van der Waals surface area contributed by atoms with E-state index in [-0.39, 0.29) is 0 Å². The minimum Gasteiger partial charge on any atom is -0.298 e. The Morgan fingerprint density at radius 2 is 1.73 bits per heavy atom. The van der Waals surface area contributed by atoms with E-state index in [4.69, 9.17) is 0 Å². The van der Waals surface area contributed by atoms with Crippen LogP contribution in [0.3, 0.4) is 0 Å². The number of hydrogen-bond acceptors (Lipinski definition) is 2. The zero-order chi connectivity index (χ0) is 10.8. The quantitative estimate of drug-likeness (QED) is 0.709. The lowest BCUT2D eigenvalue weighted by Crippen LogP contribution is -2.38. The number of rotatable bonds is 4. The van der Waals surface area contributed by atoms with Gasteiger partial charge in [0.15, 0.2) is 0 Å². The van der Waals surface area contributed by atoms with Crippen LogP contribution in [-0.4, -0.2) is 30.3 Å². The summed E-state index contributed by atoms with van der Waals surface area (Å²) in [5.41, 5.74) is 0. The molecule has 0 aliphatic heterocycles. The van der Waals surface area contributed by atoms with Gasteiger partial charge in [-0.15, -0.1) is 0 Å². The fraction of sp³-hybridized carbons (Fsp3) is 0.923. The maximum absolute atomic E-state index is 11.7. The van der Waals surface area contributed by atoms with E-state index in [0.717, 1.165) is 18.8 Å². The highest BCUT2D eigenvalue weighted by Gasteiger charge is 2.31. The smallest absolute Gasteiger partial charge is 0.149 e. The normalized spacial score (nSPS) is 31.9. The maximum Gasteiger partial charge on any atom is 0.149 e. The molecule has 0 N–H and O–H groups in total. The van der Waals surface area contributed by atoms with Crippen molar-refractivity contribution in [3.05, 3.63) is 0 Å². The van der Waals surface area contributed by atoms with Crippen molar-refractivity contribution in [2.75, 3.05) is 13.6 Å². The van der Waals surface area contributed by atoms with Gasteiger partial charge in [-0.05, 0) is 51.5 Å². The molecular formula is C13H23NO. The van der Waals surface area contributed by atoms with Crippen molar-refractivity contribution in [1.29, 1.82) is 0 Å². The Morgan fingerprint density at radius 1 is 1.13 bits per heavy atom. The van der Waals surface area contributed by atoms with E-state index >= 15 is 0 Å². The number of likely N-dealkylation sites (N-methyl/N-ethyl adjacent to an activating group) is 1. The predicted molar refractivity (Wildman–Crippen MR) is 61.8 cm³/mol. The molecule has 0 saturated heterocycles. The van der Waals surface area contributed by atoms with Gasteiger partial charge >= 0.3 is 0 Å². The van der Waals surface area contributed by atoms with Crippen LogP contribution in [0.25, 0.3) is 0 Å². The van der Waals surface area contributed by atoms with Crippen molar-refractivity contribution in [3.63, 3.8) is 0 Å². The van der Waals surface area contributed by atoms with Crippen LogP contribution in [0.5, 0.6) is 0 Å². The van der Waals surface area contributed by atoms with Gasteiger partial charge in [-0.3, -0.25) is 9.69 Å². The first-order valence-electron chi connectivity index (χ1n) is 6.39. The van der Waals surface area contributed by atoms with E-state index in [1.807, 2.05) is 0 Å². The molecule has 0 atom stereocenters. The number of ketones is 1. The first kappa shape index (κ1) is 11.1. The lowest BCUT2D eigenvalue weighted by atomic mass is 9.86. The van der Waals surface area contributed by atoms with E-state index in [9.17, 15) is 4.79 Å². The Hall–Kier alpha value is -0.370. The summed E-state index contributed by atoms with van der Waals surface area (Å²) in [4.78, 5) is 14.0. The molecule has 0 bridgehead atoms. The molecule has 0 amide bonds. The Morgan fingerprint density at radius 3 is 2.27 bits per heavy atom. The van der Waals surface area contributed by atoms with Crippen molar-refractivity contribution in [1.82, 2.24) is 4.90 Å². The molecular weight excluding hydrogens is 186 g/mol. The monoisotopic (exact) mass is 209 g/mol. The predicted octanol–water partition coefficient (Wildman–Crippen LogP) is 2.48. The van der Waals surface area contributed by atoms with Gasteiger partial charge < -0.3 is 0 Å². The van der Waals surface area contributed by atoms with Gasteiger partial charge in [-0.25, -0.2) is 0 Å². The Kier molecular flexibility index (Phi) is 3.45. The van der Waals surface area contributed by atoms with Crippen LogP contribution in [-0.2, 0) is 4.79 Å². The van der Waals surface area contributed by atoms with Crippen LogP contribution in [0, 0.1) is 11.8 Å². The topological polar surface area (TPSA) is 20.3 Å². The van der Waals surface area contributed by atoms with Gasteiger partial charge in [0.05, 0.1) is 6.54 Å². The van der Waals surface area contributed by atoms with Crippen molar-refractivity contribution in [2.24, 2.45) is 11.8 Å². The van der Waals surface area contributed by atoms with Crippen molar-refractivity contribution in [3.8, 4) is 0 Å². The average Bonchev–Trinajstić information content (AvgIpc) is 3.01. The second kappa shape index (κ2) is 4.65. The summed E-state index contributed by atoms with van der Waals surface area (Å²) in [6, 6.07) is 0.670. The summed E-state index contributed by atoms with van der Waals surface area (Å²) in [5.74, 6) is 1.81. The molecule has 0 aromatic heterocycles. The van der Waals surface area contributed by atoms with Crippen LogP contribution in [0.15, 0.2) is 0 Å². The average molecular weight is 209 g/mol. The second-order valence-electron chi connectivity index (χ2n) is 5.57. The first-order chi connectivity index (χ1) is 7.16. The van der Waals surface area contributed by atoms with Crippen LogP contribution < -0.4 is 0 Å². The molecule has 0 spiro atoms. The van der Waals surface area contributed by atoms with E-state index in [1.54, 1.807) is 0 Å². The lowest BCUT2D eigenvalue weighted by Gasteiger charge is -2.33. The fourth-order valence-corrected chi connectivity index (χ4v) is 2.59. The molecule has 0 aromatic carbocycles. The second-order valence-corrected chi connectivity index (χ2v) is 5.57. The number of hydrogen-bond donors (Lipinski definition) is 0. The first-order valence-corrected chi connectivity index (χ1v) is 6.39. The summed E-state index contributed by atoms with van der Waals surface area (Å²) in [6.45, 7) is 3.04. The van der Waals surface area contributed by atoms with Crippen LogP contribution >= 0.6 is 0 Å². The third-order valence-electron chi connectivity index (χ3n) is 4.05. The molecule has 2 aliphatic carbocycles. The molecule has 2 rings (SSSR count). The highest BCUT2D eigenvalue weighted by Crippen LogP contribution is 2.31. The molecule has 2 fully saturated rings. The van der Waals surface area contributed by atoms with E-state index in [0.29, 0.717) is 24.3 Å². The summed E-state index contributed by atoms with van der Waals surface area (Å²) in [6.07, 6.45) is 7.55. The van der Waals surface area contributed by atoms with E-state index in [2.05, 4.69) is 18.9 Å². The van der Waals surface area contributed by atoms with Crippen LogP contribution in [0.2, 0.25) is 0 Å². The van der Waals surface area contributed by atoms with Gasteiger partial charge in [-0.2, -0.15) is 0 Å². The minimum absolute atomic E-state index is 0.426. The Bertz CT molecular complexity index is 227. The van der Waals surface area contributed by atoms with Gasteiger partial charge in [0.25, 0.3) is 0 Å². The van der Waals surface area contributed by atoms with Crippen molar-refractivity contribution >= 4 is 5.78 Å². The van der Waals surface area contributed by atoms with Gasteiger partial charge in [0.1, 0.15) is 5.78 Å². The molecule has 15 heavy (non-hydrogen) atoms. The van der Waals surface area contributed by atoms with Gasteiger partial charge in [0.2, 0.25) is 0 Å². The third-order valence-corrected chi connectivity index (χ3v) is 4.05. The fourth-order valence-electron chi connectivity index (χ4n) is 2.59. The molecule has 2 heteroatoms. The molecule has 2 saturated carbocycles. The molecule has 2 nitrogen and oxygen atoms in total. The van der Waals surface area contributed by atoms with Crippen molar-refractivity contribution < 1.29 is 4.79 Å². The Labute approximate surface area is 93.0 Å².